The van der Waals surface area contributed by atoms with Gasteiger partial charge in [-0.3, -0.25) is 14.4 Å². The number of alkyl carbamates (subject to hydrolysis) is 1. The van der Waals surface area contributed by atoms with Crippen LogP contribution in [0, 0.1) is 11.8 Å². The minimum absolute atomic E-state index is 0.0121. The molecule has 2 heterocycles. The summed E-state index contributed by atoms with van der Waals surface area (Å²) < 4.78 is 5.45. The molecule has 0 radical (unpaired) electrons. The Morgan fingerprint density at radius 1 is 0.922 bits per heavy atom. The Morgan fingerprint density at radius 2 is 1.63 bits per heavy atom. The van der Waals surface area contributed by atoms with Crippen molar-refractivity contribution in [3.63, 3.8) is 0 Å². The minimum Gasteiger partial charge on any atom is -0.445 e. The summed E-state index contributed by atoms with van der Waals surface area (Å²) in [4.78, 5) is 61.2. The largest absolute Gasteiger partial charge is 0.445 e. The van der Waals surface area contributed by atoms with Crippen molar-refractivity contribution in [1.82, 2.24) is 31.2 Å². The smallest absolute Gasteiger partial charge is 0.408 e. The van der Waals surface area contributed by atoms with Gasteiger partial charge in [-0.05, 0) is 35.4 Å². The van der Waals surface area contributed by atoms with Gasteiger partial charge in [-0.2, -0.15) is 0 Å². The van der Waals surface area contributed by atoms with Gasteiger partial charge in [-0.15, -0.1) is 11.3 Å². The number of aromatic amines is 1. The first-order valence-electron chi connectivity index (χ1n) is 17.5. The number of aliphatic hydroxyl groups excluding tert-OH is 1. The molecule has 0 aliphatic carbocycles. The van der Waals surface area contributed by atoms with Crippen molar-refractivity contribution in [2.45, 2.75) is 90.6 Å². The summed E-state index contributed by atoms with van der Waals surface area (Å²) in [6, 6.07) is 13.9. The lowest BCUT2D eigenvalue weighted by atomic mass is 9.96. The van der Waals surface area contributed by atoms with Gasteiger partial charge in [0.25, 0.3) is 0 Å². The maximum absolute atomic E-state index is 14.1. The molecule has 0 saturated heterocycles. The lowest BCUT2D eigenvalue weighted by Crippen LogP contribution is -2.57. The number of aromatic nitrogens is 2. The molecule has 274 valence electrons. The molecule has 0 fully saturated rings. The van der Waals surface area contributed by atoms with Gasteiger partial charge in [0.1, 0.15) is 18.7 Å². The van der Waals surface area contributed by atoms with Crippen LogP contribution in [-0.4, -0.2) is 69.7 Å². The number of carbonyl (C=O) groups is 4. The number of carbonyl (C=O) groups excluding carboxylic acids is 4. The van der Waals surface area contributed by atoms with E-state index in [1.807, 2.05) is 82.3 Å². The molecule has 0 spiro atoms. The Kier molecular flexibility index (Phi) is 15.0. The molecule has 0 aliphatic rings. The van der Waals surface area contributed by atoms with Gasteiger partial charge in [-0.1, -0.05) is 82.6 Å². The Morgan fingerprint density at radius 3 is 2.33 bits per heavy atom. The summed E-state index contributed by atoms with van der Waals surface area (Å²) >= 11 is 1.36. The normalized spacial score (nSPS) is 14.2. The van der Waals surface area contributed by atoms with Crippen molar-refractivity contribution in [1.29, 1.82) is 0 Å². The van der Waals surface area contributed by atoms with Crippen LogP contribution >= 0.6 is 11.3 Å². The highest BCUT2D eigenvalue weighted by atomic mass is 32.1. The van der Waals surface area contributed by atoms with Crippen molar-refractivity contribution in [3.8, 4) is 0 Å². The molecule has 2 aromatic heterocycles. The zero-order valence-electron chi connectivity index (χ0n) is 29.7. The van der Waals surface area contributed by atoms with Gasteiger partial charge in [0.15, 0.2) is 0 Å². The van der Waals surface area contributed by atoms with E-state index in [4.69, 9.17) is 4.74 Å². The molecule has 6 N–H and O–H groups in total. The van der Waals surface area contributed by atoms with E-state index in [2.05, 4.69) is 31.2 Å². The molecule has 4 amide bonds. The molecule has 51 heavy (non-hydrogen) atoms. The number of H-pyrrole nitrogens is 1. The third kappa shape index (κ3) is 12.5. The molecule has 5 atom stereocenters. The van der Waals surface area contributed by atoms with Crippen LogP contribution in [0.5, 0.6) is 0 Å². The quantitative estimate of drug-likeness (QED) is 0.0820. The number of hydrogen-bond donors (Lipinski definition) is 6. The fourth-order valence-electron chi connectivity index (χ4n) is 5.61. The lowest BCUT2D eigenvalue weighted by molar-refractivity contribution is -0.131. The molecule has 12 nitrogen and oxygen atoms in total. The van der Waals surface area contributed by atoms with E-state index in [1.54, 1.807) is 17.1 Å². The molecule has 0 bridgehead atoms. The van der Waals surface area contributed by atoms with Gasteiger partial charge in [0, 0.05) is 41.9 Å². The summed E-state index contributed by atoms with van der Waals surface area (Å²) in [5.74, 6) is -1.06. The maximum atomic E-state index is 14.1. The second-order valence-electron chi connectivity index (χ2n) is 13.4. The van der Waals surface area contributed by atoms with Crippen LogP contribution in [0.4, 0.5) is 4.79 Å². The van der Waals surface area contributed by atoms with Crippen LogP contribution in [0.2, 0.25) is 0 Å². The molecule has 0 aliphatic heterocycles. The Bertz CT molecular complexity index is 1700. The highest BCUT2D eigenvalue weighted by Crippen LogP contribution is 2.20. The fourth-order valence-corrected chi connectivity index (χ4v) is 6.18. The van der Waals surface area contributed by atoms with Gasteiger partial charge in [0.2, 0.25) is 17.7 Å². The SMILES string of the molecule is CCC(C)CNC(=O)C[C@H](O)[C@H](CC(C)C)NC(=O)C(Cc1cscn1)NC(=O)[C@H](Cc1c[nH]c2ccccc12)NC(=O)OCc1ccccc1. The molecular formula is C38H50N6O6S. The van der Waals surface area contributed by atoms with E-state index in [9.17, 15) is 24.3 Å². The summed E-state index contributed by atoms with van der Waals surface area (Å²) in [6.07, 6.45) is 1.17. The van der Waals surface area contributed by atoms with E-state index in [0.717, 1.165) is 28.5 Å². The molecule has 4 rings (SSSR count). The average Bonchev–Trinajstić information content (AvgIpc) is 3.79. The second kappa shape index (κ2) is 19.6. The Balaban J connectivity index is 1.52. The highest BCUT2D eigenvalue weighted by Gasteiger charge is 2.32. The van der Waals surface area contributed by atoms with Crippen molar-refractivity contribution in [2.75, 3.05) is 6.54 Å². The predicted molar refractivity (Wildman–Crippen MR) is 198 cm³/mol. The maximum Gasteiger partial charge on any atom is 0.408 e. The van der Waals surface area contributed by atoms with Crippen molar-refractivity contribution in [3.05, 3.63) is 88.5 Å². The standard InChI is InChI=1S/C38H50N6O6S/c1-5-25(4)19-40-35(46)18-34(45)31(15-24(2)3)42-37(48)33(17-28-22-51-23-41-28)43-36(47)32(16-27-20-39-30-14-10-9-13-29(27)30)44-38(49)50-21-26-11-7-6-8-12-26/h6-14,20,22-25,31-34,39,45H,5,15-19,21H2,1-4H3,(H,40,46)(H,42,48)(H,43,47)(H,44,49)/t25?,31-,32-,33?,34-/m0/s1. The summed E-state index contributed by atoms with van der Waals surface area (Å²) in [5, 5.41) is 25.1. The monoisotopic (exact) mass is 718 g/mol. The van der Waals surface area contributed by atoms with Crippen molar-refractivity contribution in [2.24, 2.45) is 11.8 Å². The summed E-state index contributed by atoms with van der Waals surface area (Å²) in [6.45, 7) is 8.50. The topological polar surface area (TPSA) is 175 Å². The van der Waals surface area contributed by atoms with Crippen molar-refractivity contribution >= 4 is 46.1 Å². The number of nitrogens with zero attached hydrogens (tertiary/aromatic N) is 1. The Labute approximate surface area is 303 Å². The predicted octanol–water partition coefficient (Wildman–Crippen LogP) is 4.63. The molecule has 0 saturated carbocycles. The van der Waals surface area contributed by atoms with Gasteiger partial charge in [-0.25, -0.2) is 9.78 Å². The van der Waals surface area contributed by atoms with E-state index >= 15 is 0 Å². The number of hydrogen-bond acceptors (Lipinski definition) is 8. The summed E-state index contributed by atoms with van der Waals surface area (Å²) in [5.41, 5.74) is 4.69. The van der Waals surface area contributed by atoms with E-state index in [-0.39, 0.29) is 37.7 Å². The van der Waals surface area contributed by atoms with Crippen LogP contribution < -0.4 is 21.3 Å². The summed E-state index contributed by atoms with van der Waals surface area (Å²) in [7, 11) is 0. The molecular weight excluding hydrogens is 669 g/mol. The van der Waals surface area contributed by atoms with Crippen LogP contribution in [0.3, 0.4) is 0 Å². The fraction of sp³-hybridized carbons (Fsp3) is 0.447. The van der Waals surface area contributed by atoms with Gasteiger partial charge in [0.05, 0.1) is 29.8 Å². The molecule has 4 aromatic rings. The van der Waals surface area contributed by atoms with Crippen LogP contribution in [-0.2, 0) is 38.6 Å². The van der Waals surface area contributed by atoms with E-state index in [0.29, 0.717) is 24.6 Å². The van der Waals surface area contributed by atoms with Crippen LogP contribution in [0.25, 0.3) is 10.9 Å². The average molecular weight is 719 g/mol. The number of thiazole rings is 1. The highest BCUT2D eigenvalue weighted by molar-refractivity contribution is 7.07. The third-order valence-corrected chi connectivity index (χ3v) is 9.34. The second-order valence-corrected chi connectivity index (χ2v) is 14.1. The van der Waals surface area contributed by atoms with Crippen LogP contribution in [0.1, 0.15) is 63.8 Å². The molecule has 13 heteroatoms. The zero-order chi connectivity index (χ0) is 36.8. The number of nitrogens with one attached hydrogen (secondary N) is 5. The zero-order valence-corrected chi connectivity index (χ0v) is 30.5. The molecule has 2 unspecified atom stereocenters. The number of amides is 4. The number of benzene rings is 2. The number of fused-ring (bicyclic) bond motifs is 1. The molecule has 2 aromatic carbocycles. The number of ether oxygens (including phenoxy) is 1. The first kappa shape index (κ1) is 39.0. The minimum atomic E-state index is -1.15. The number of aliphatic hydroxyl groups is 1. The van der Waals surface area contributed by atoms with Gasteiger partial charge < -0.3 is 36.1 Å². The van der Waals surface area contributed by atoms with E-state index in [1.165, 1.54) is 11.3 Å². The van der Waals surface area contributed by atoms with E-state index < -0.39 is 42.1 Å². The first-order valence-corrected chi connectivity index (χ1v) is 18.4. The first-order chi connectivity index (χ1) is 24.5. The number of para-hydroxylation sites is 1. The number of rotatable bonds is 19. The van der Waals surface area contributed by atoms with Crippen molar-refractivity contribution < 1.29 is 29.0 Å². The third-order valence-electron chi connectivity index (χ3n) is 8.71. The lowest BCUT2D eigenvalue weighted by Gasteiger charge is -2.29. The van der Waals surface area contributed by atoms with Gasteiger partial charge >= 0.3 is 6.09 Å². The van der Waals surface area contributed by atoms with Crippen LogP contribution in [0.15, 0.2) is 71.7 Å². The Hall–Kier alpha value is -4.75.